The Morgan fingerprint density at radius 3 is 2.21 bits per heavy atom. The minimum Gasteiger partial charge on any atom is -0.300 e. The molecule has 78 valence electrons. The summed E-state index contributed by atoms with van der Waals surface area (Å²) in [5.41, 5.74) is 0. The van der Waals surface area contributed by atoms with Crippen LogP contribution in [0.25, 0.3) is 0 Å². The lowest BCUT2D eigenvalue weighted by atomic mass is 9.78. The van der Waals surface area contributed by atoms with Crippen LogP contribution in [0.3, 0.4) is 0 Å². The standard InChI is InChI=1S/C11H16O3/c1-3-8(12)6-9-10(13)4-7(2)5-11(9)14/h7,9H,3-6H2,1-2H3. The van der Waals surface area contributed by atoms with Crippen LogP contribution in [-0.2, 0) is 14.4 Å². The zero-order valence-corrected chi connectivity index (χ0v) is 8.71. The van der Waals surface area contributed by atoms with Gasteiger partial charge in [-0.1, -0.05) is 13.8 Å². The fourth-order valence-corrected chi connectivity index (χ4v) is 1.82. The average Bonchev–Trinajstić information content (AvgIpc) is 2.10. The molecule has 0 radical (unpaired) electrons. The molecule has 0 amide bonds. The third-order valence-corrected chi connectivity index (χ3v) is 2.70. The van der Waals surface area contributed by atoms with E-state index >= 15 is 0 Å². The lowest BCUT2D eigenvalue weighted by Crippen LogP contribution is -2.33. The topological polar surface area (TPSA) is 51.2 Å². The average molecular weight is 196 g/mol. The summed E-state index contributed by atoms with van der Waals surface area (Å²) in [4.78, 5) is 34.1. The molecule has 3 nitrogen and oxygen atoms in total. The maximum atomic E-state index is 11.5. The zero-order chi connectivity index (χ0) is 10.7. The van der Waals surface area contributed by atoms with Crippen LogP contribution in [0, 0.1) is 11.8 Å². The van der Waals surface area contributed by atoms with E-state index < -0.39 is 5.92 Å². The van der Waals surface area contributed by atoms with Gasteiger partial charge in [0.05, 0.1) is 5.92 Å². The minimum atomic E-state index is -0.626. The van der Waals surface area contributed by atoms with E-state index in [1.807, 2.05) is 6.92 Å². The molecule has 0 bridgehead atoms. The van der Waals surface area contributed by atoms with Crippen LogP contribution < -0.4 is 0 Å². The van der Waals surface area contributed by atoms with Crippen molar-refractivity contribution in [3.8, 4) is 0 Å². The molecule has 3 heteroatoms. The molecule has 1 aliphatic rings. The molecule has 1 saturated carbocycles. The summed E-state index contributed by atoms with van der Waals surface area (Å²) in [7, 11) is 0. The lowest BCUT2D eigenvalue weighted by molar-refractivity contribution is -0.140. The van der Waals surface area contributed by atoms with Crippen LogP contribution in [0.1, 0.15) is 39.5 Å². The highest BCUT2D eigenvalue weighted by atomic mass is 16.2. The van der Waals surface area contributed by atoms with Crippen molar-refractivity contribution in [3.05, 3.63) is 0 Å². The summed E-state index contributed by atoms with van der Waals surface area (Å²) < 4.78 is 0. The van der Waals surface area contributed by atoms with Crippen molar-refractivity contribution in [3.63, 3.8) is 0 Å². The number of ketones is 3. The Balaban J connectivity index is 2.63. The van der Waals surface area contributed by atoms with Gasteiger partial charge in [0.25, 0.3) is 0 Å². The van der Waals surface area contributed by atoms with Gasteiger partial charge in [-0.25, -0.2) is 0 Å². The van der Waals surface area contributed by atoms with Crippen LogP contribution in [0.15, 0.2) is 0 Å². The molecule has 0 saturated heterocycles. The highest BCUT2D eigenvalue weighted by Gasteiger charge is 2.34. The molecule has 0 atom stereocenters. The predicted molar refractivity (Wildman–Crippen MR) is 51.8 cm³/mol. The third-order valence-electron chi connectivity index (χ3n) is 2.70. The summed E-state index contributed by atoms with van der Waals surface area (Å²) in [5, 5.41) is 0. The maximum absolute atomic E-state index is 11.5. The fraction of sp³-hybridized carbons (Fsp3) is 0.727. The number of rotatable bonds is 3. The van der Waals surface area contributed by atoms with Crippen LogP contribution in [-0.4, -0.2) is 17.3 Å². The molecule has 1 fully saturated rings. The van der Waals surface area contributed by atoms with Gasteiger partial charge in [0, 0.05) is 25.7 Å². The van der Waals surface area contributed by atoms with Crippen molar-refractivity contribution in [2.45, 2.75) is 39.5 Å². The van der Waals surface area contributed by atoms with Crippen molar-refractivity contribution in [2.75, 3.05) is 0 Å². The highest BCUT2D eigenvalue weighted by Crippen LogP contribution is 2.25. The molecule has 0 aromatic heterocycles. The van der Waals surface area contributed by atoms with Crippen molar-refractivity contribution in [1.29, 1.82) is 0 Å². The molecule has 0 spiro atoms. The van der Waals surface area contributed by atoms with Crippen LogP contribution >= 0.6 is 0 Å². The Morgan fingerprint density at radius 1 is 1.29 bits per heavy atom. The number of Topliss-reactive ketones (excluding diaryl/α,β-unsaturated/α-hetero) is 3. The van der Waals surface area contributed by atoms with Gasteiger partial charge >= 0.3 is 0 Å². The van der Waals surface area contributed by atoms with E-state index in [2.05, 4.69) is 0 Å². The van der Waals surface area contributed by atoms with Gasteiger partial charge in [-0.15, -0.1) is 0 Å². The Hall–Kier alpha value is -0.990. The van der Waals surface area contributed by atoms with Gasteiger partial charge < -0.3 is 0 Å². The number of carbonyl (C=O) groups excluding carboxylic acids is 3. The van der Waals surface area contributed by atoms with E-state index in [0.29, 0.717) is 19.3 Å². The molecular formula is C11H16O3. The van der Waals surface area contributed by atoms with Crippen LogP contribution in [0.5, 0.6) is 0 Å². The lowest BCUT2D eigenvalue weighted by Gasteiger charge is -2.23. The van der Waals surface area contributed by atoms with Crippen molar-refractivity contribution in [2.24, 2.45) is 11.8 Å². The molecular weight excluding hydrogens is 180 g/mol. The van der Waals surface area contributed by atoms with Crippen LogP contribution in [0.4, 0.5) is 0 Å². The van der Waals surface area contributed by atoms with E-state index in [9.17, 15) is 14.4 Å². The second-order valence-electron chi connectivity index (χ2n) is 4.09. The summed E-state index contributed by atoms with van der Waals surface area (Å²) in [5.74, 6) is -0.556. The Labute approximate surface area is 83.9 Å². The number of carbonyl (C=O) groups is 3. The molecule has 14 heavy (non-hydrogen) atoms. The van der Waals surface area contributed by atoms with Crippen molar-refractivity contribution in [1.82, 2.24) is 0 Å². The normalized spacial score (nSPS) is 27.9. The molecule has 0 aromatic rings. The van der Waals surface area contributed by atoms with Gasteiger partial charge in [-0.05, 0) is 5.92 Å². The first kappa shape index (κ1) is 11.1. The summed E-state index contributed by atoms with van der Waals surface area (Å²) in [6, 6.07) is 0. The SMILES string of the molecule is CCC(=O)CC1C(=O)CC(C)CC1=O. The van der Waals surface area contributed by atoms with Gasteiger partial charge in [-0.3, -0.25) is 14.4 Å². The monoisotopic (exact) mass is 196 g/mol. The van der Waals surface area contributed by atoms with Crippen molar-refractivity contribution >= 4 is 17.3 Å². The Bertz CT molecular complexity index is 250. The molecule has 0 aliphatic heterocycles. The second-order valence-corrected chi connectivity index (χ2v) is 4.09. The quantitative estimate of drug-likeness (QED) is 0.643. The van der Waals surface area contributed by atoms with E-state index in [4.69, 9.17) is 0 Å². The summed E-state index contributed by atoms with van der Waals surface area (Å²) in [6.07, 6.45) is 1.44. The van der Waals surface area contributed by atoms with Gasteiger partial charge in [0.2, 0.25) is 0 Å². The fourth-order valence-electron chi connectivity index (χ4n) is 1.82. The molecule has 1 aliphatic carbocycles. The van der Waals surface area contributed by atoms with E-state index in [1.165, 1.54) is 0 Å². The molecule has 0 heterocycles. The first-order chi connectivity index (χ1) is 6.54. The zero-order valence-electron chi connectivity index (χ0n) is 8.71. The van der Waals surface area contributed by atoms with Crippen molar-refractivity contribution < 1.29 is 14.4 Å². The molecule has 0 N–H and O–H groups in total. The van der Waals surface area contributed by atoms with E-state index in [0.717, 1.165) is 0 Å². The minimum absolute atomic E-state index is 0.00579. The molecule has 0 aromatic carbocycles. The maximum Gasteiger partial charge on any atom is 0.144 e. The predicted octanol–water partition coefficient (Wildman–Crippen LogP) is 1.54. The Morgan fingerprint density at radius 2 is 1.79 bits per heavy atom. The van der Waals surface area contributed by atoms with Crippen LogP contribution in [0.2, 0.25) is 0 Å². The summed E-state index contributed by atoms with van der Waals surface area (Å²) >= 11 is 0. The van der Waals surface area contributed by atoms with E-state index in [-0.39, 0.29) is 29.7 Å². The Kier molecular flexibility index (Phi) is 3.55. The first-order valence-corrected chi connectivity index (χ1v) is 5.11. The number of hydrogen-bond acceptors (Lipinski definition) is 3. The molecule has 0 unspecified atom stereocenters. The third kappa shape index (κ3) is 2.50. The smallest absolute Gasteiger partial charge is 0.144 e. The highest BCUT2D eigenvalue weighted by molar-refractivity contribution is 6.07. The summed E-state index contributed by atoms with van der Waals surface area (Å²) in [6.45, 7) is 3.65. The van der Waals surface area contributed by atoms with Gasteiger partial charge in [-0.2, -0.15) is 0 Å². The molecule has 1 rings (SSSR count). The van der Waals surface area contributed by atoms with E-state index in [1.54, 1.807) is 6.92 Å². The van der Waals surface area contributed by atoms with Gasteiger partial charge in [0.1, 0.15) is 17.3 Å². The largest absolute Gasteiger partial charge is 0.300 e. The second kappa shape index (κ2) is 4.49. The number of hydrogen-bond donors (Lipinski definition) is 0. The van der Waals surface area contributed by atoms with Gasteiger partial charge in [0.15, 0.2) is 0 Å². The first-order valence-electron chi connectivity index (χ1n) is 5.11.